The number of aryl methyl sites for hydroxylation is 1. The summed E-state index contributed by atoms with van der Waals surface area (Å²) in [6.07, 6.45) is 6.49. The Labute approximate surface area is 155 Å². The van der Waals surface area contributed by atoms with Gasteiger partial charge < -0.3 is 15.4 Å². The summed E-state index contributed by atoms with van der Waals surface area (Å²) < 4.78 is 1.54. The fraction of sp³-hybridized carbons (Fsp3) is 0.211. The second-order valence-corrected chi connectivity index (χ2v) is 6.33. The number of carbonyl (C=O) groups is 2. The molecule has 3 N–H and O–H groups in total. The van der Waals surface area contributed by atoms with Crippen molar-refractivity contribution in [3.8, 4) is 11.3 Å². The number of ketones is 1. The van der Waals surface area contributed by atoms with Gasteiger partial charge in [-0.15, -0.1) is 0 Å². The predicted octanol–water partition coefficient (Wildman–Crippen LogP) is 2.41. The zero-order valence-electron chi connectivity index (χ0n) is 15.2. The molecule has 27 heavy (non-hydrogen) atoms. The first kappa shape index (κ1) is 18.2. The minimum absolute atomic E-state index is 0.143. The Kier molecular flexibility index (Phi) is 4.72. The van der Waals surface area contributed by atoms with Gasteiger partial charge in [0.25, 0.3) is 0 Å². The van der Waals surface area contributed by atoms with E-state index in [2.05, 4.69) is 15.0 Å². The number of aromatic nitrogens is 4. The van der Waals surface area contributed by atoms with Crippen molar-refractivity contribution in [3.05, 3.63) is 47.4 Å². The third-order valence-electron chi connectivity index (χ3n) is 4.04. The topological polar surface area (TPSA) is 124 Å². The van der Waals surface area contributed by atoms with E-state index in [1.807, 2.05) is 0 Å². The molecule has 0 spiro atoms. The number of carbonyl (C=O) groups excluding carboxylic acids is 1. The SMILES string of the molecule is CC(=O)c1cn(CC(=O)O)c2c(C)nc(-c3cnc(C=C(C)N)nc3)cc12. The smallest absolute Gasteiger partial charge is 0.323 e. The minimum atomic E-state index is -0.988. The van der Waals surface area contributed by atoms with Crippen molar-refractivity contribution < 1.29 is 14.7 Å². The maximum atomic E-state index is 12.0. The lowest BCUT2D eigenvalue weighted by Crippen LogP contribution is -2.08. The molecule has 3 heterocycles. The number of Topliss-reactive ketones (excluding diaryl/α,β-unsaturated/α-hetero) is 1. The quantitative estimate of drug-likeness (QED) is 0.665. The van der Waals surface area contributed by atoms with E-state index in [4.69, 9.17) is 10.8 Å². The monoisotopic (exact) mass is 365 g/mol. The Morgan fingerprint density at radius 3 is 2.48 bits per heavy atom. The molecule has 8 nitrogen and oxygen atoms in total. The van der Waals surface area contributed by atoms with Gasteiger partial charge in [-0.1, -0.05) is 0 Å². The van der Waals surface area contributed by atoms with E-state index in [9.17, 15) is 9.59 Å². The van der Waals surface area contributed by atoms with Crippen LogP contribution in [-0.4, -0.2) is 36.4 Å². The molecule has 0 fully saturated rings. The lowest BCUT2D eigenvalue weighted by molar-refractivity contribution is -0.137. The first-order valence-corrected chi connectivity index (χ1v) is 8.25. The third kappa shape index (κ3) is 3.69. The second-order valence-electron chi connectivity index (χ2n) is 6.33. The molecule has 3 rings (SSSR count). The highest BCUT2D eigenvalue weighted by molar-refractivity contribution is 6.08. The van der Waals surface area contributed by atoms with E-state index in [-0.39, 0.29) is 12.3 Å². The van der Waals surface area contributed by atoms with Crippen LogP contribution in [0.3, 0.4) is 0 Å². The molecule has 3 aromatic heterocycles. The number of hydrogen-bond acceptors (Lipinski definition) is 6. The minimum Gasteiger partial charge on any atom is -0.480 e. The summed E-state index contributed by atoms with van der Waals surface area (Å²) in [6.45, 7) is 4.74. The van der Waals surface area contributed by atoms with Gasteiger partial charge in [-0.25, -0.2) is 9.97 Å². The number of carboxylic acid groups (broad SMARTS) is 1. The Balaban J connectivity index is 2.16. The van der Waals surface area contributed by atoms with Gasteiger partial charge >= 0.3 is 5.97 Å². The van der Waals surface area contributed by atoms with E-state index in [1.54, 1.807) is 44.6 Å². The maximum absolute atomic E-state index is 12.0. The Bertz CT molecular complexity index is 1080. The van der Waals surface area contributed by atoms with Crippen molar-refractivity contribution in [2.75, 3.05) is 0 Å². The van der Waals surface area contributed by atoms with Crippen molar-refractivity contribution in [2.24, 2.45) is 5.73 Å². The van der Waals surface area contributed by atoms with Crippen molar-refractivity contribution in [1.82, 2.24) is 19.5 Å². The number of fused-ring (bicyclic) bond motifs is 1. The lowest BCUT2D eigenvalue weighted by atomic mass is 10.1. The van der Waals surface area contributed by atoms with Gasteiger partial charge in [0.05, 0.1) is 16.9 Å². The van der Waals surface area contributed by atoms with Crippen LogP contribution in [0.5, 0.6) is 0 Å². The fourth-order valence-electron chi connectivity index (χ4n) is 2.97. The molecule has 0 saturated heterocycles. The van der Waals surface area contributed by atoms with Gasteiger partial charge in [0.2, 0.25) is 0 Å². The summed E-state index contributed by atoms with van der Waals surface area (Å²) in [5, 5.41) is 9.79. The van der Waals surface area contributed by atoms with Crippen molar-refractivity contribution in [3.63, 3.8) is 0 Å². The molecule has 0 aromatic carbocycles. The van der Waals surface area contributed by atoms with Gasteiger partial charge in [0.1, 0.15) is 6.54 Å². The molecule has 0 atom stereocenters. The van der Waals surface area contributed by atoms with Crippen LogP contribution in [0.1, 0.15) is 35.7 Å². The number of nitrogens with zero attached hydrogens (tertiary/aromatic N) is 4. The zero-order chi connectivity index (χ0) is 19.7. The van der Waals surface area contributed by atoms with Crippen LogP contribution >= 0.6 is 0 Å². The Morgan fingerprint density at radius 1 is 1.26 bits per heavy atom. The maximum Gasteiger partial charge on any atom is 0.323 e. The van der Waals surface area contributed by atoms with Crippen molar-refractivity contribution >= 4 is 28.7 Å². The summed E-state index contributed by atoms with van der Waals surface area (Å²) in [7, 11) is 0. The third-order valence-corrected chi connectivity index (χ3v) is 4.04. The van der Waals surface area contributed by atoms with E-state index in [1.165, 1.54) is 11.5 Å². The van der Waals surface area contributed by atoms with Crippen molar-refractivity contribution in [2.45, 2.75) is 27.3 Å². The number of pyridine rings is 1. The van der Waals surface area contributed by atoms with Gasteiger partial charge in [0, 0.05) is 46.9 Å². The van der Waals surface area contributed by atoms with E-state index in [0.717, 1.165) is 0 Å². The van der Waals surface area contributed by atoms with Crippen LogP contribution in [0.15, 0.2) is 30.4 Å². The summed E-state index contributed by atoms with van der Waals surface area (Å²) in [4.78, 5) is 36.2. The van der Waals surface area contributed by atoms with Crippen LogP contribution in [0, 0.1) is 6.92 Å². The molecule has 0 aliphatic heterocycles. The van der Waals surface area contributed by atoms with Gasteiger partial charge in [-0.05, 0) is 26.8 Å². The summed E-state index contributed by atoms with van der Waals surface area (Å²) in [5.74, 6) is -0.637. The number of carboxylic acids is 1. The molecule has 3 aromatic rings. The summed E-state index contributed by atoms with van der Waals surface area (Å²) in [5.41, 5.74) is 9.23. The molecule has 0 radical (unpaired) electrons. The normalized spacial score (nSPS) is 11.7. The molecule has 0 bridgehead atoms. The Hall–Kier alpha value is -3.55. The highest BCUT2D eigenvalue weighted by Crippen LogP contribution is 2.28. The number of allylic oxidation sites excluding steroid dienone is 1. The number of hydrogen-bond donors (Lipinski definition) is 2. The van der Waals surface area contributed by atoms with E-state index >= 15 is 0 Å². The van der Waals surface area contributed by atoms with Crippen LogP contribution in [0.25, 0.3) is 28.2 Å². The van der Waals surface area contributed by atoms with Gasteiger partial charge in [-0.2, -0.15) is 0 Å². The molecule has 0 aliphatic rings. The predicted molar refractivity (Wildman–Crippen MR) is 101 cm³/mol. The number of aliphatic carboxylic acids is 1. The molecule has 0 aliphatic carbocycles. The van der Waals surface area contributed by atoms with Gasteiger partial charge in [0.15, 0.2) is 11.6 Å². The van der Waals surface area contributed by atoms with E-state index in [0.29, 0.717) is 44.9 Å². The number of rotatable bonds is 5. The highest BCUT2D eigenvalue weighted by Gasteiger charge is 2.18. The second kappa shape index (κ2) is 6.99. The van der Waals surface area contributed by atoms with Crippen LogP contribution in [0.2, 0.25) is 0 Å². The first-order chi connectivity index (χ1) is 12.8. The first-order valence-electron chi connectivity index (χ1n) is 8.25. The van der Waals surface area contributed by atoms with Crippen LogP contribution in [0.4, 0.5) is 0 Å². The Morgan fingerprint density at radius 2 is 1.93 bits per heavy atom. The lowest BCUT2D eigenvalue weighted by Gasteiger charge is -2.07. The summed E-state index contributed by atoms with van der Waals surface area (Å²) in [6, 6.07) is 1.76. The molecular formula is C19H19N5O3. The zero-order valence-corrected chi connectivity index (χ0v) is 15.2. The van der Waals surface area contributed by atoms with E-state index < -0.39 is 5.97 Å². The molecule has 138 valence electrons. The fourth-order valence-corrected chi connectivity index (χ4v) is 2.97. The molecule has 0 unspecified atom stereocenters. The standard InChI is InChI=1S/C19H19N5O3/c1-10(20)4-17-21-6-13(7-22-17)16-5-14-15(12(3)25)8-24(9-18(26)27)19(14)11(2)23-16/h4-8H,9,20H2,1-3H3,(H,26,27). The molecular weight excluding hydrogens is 346 g/mol. The van der Waals surface area contributed by atoms with Gasteiger partial charge in [-0.3, -0.25) is 14.6 Å². The summed E-state index contributed by atoms with van der Waals surface area (Å²) >= 11 is 0. The molecule has 0 amide bonds. The molecule has 0 saturated carbocycles. The number of nitrogens with two attached hydrogens (primary N) is 1. The molecule has 8 heteroatoms. The average Bonchev–Trinajstić information content (AvgIpc) is 2.93. The average molecular weight is 365 g/mol. The largest absolute Gasteiger partial charge is 0.480 e. The van der Waals surface area contributed by atoms with Crippen LogP contribution < -0.4 is 5.73 Å². The van der Waals surface area contributed by atoms with Crippen LogP contribution in [-0.2, 0) is 11.3 Å². The van der Waals surface area contributed by atoms with Crippen molar-refractivity contribution in [1.29, 1.82) is 0 Å². The highest BCUT2D eigenvalue weighted by atomic mass is 16.4.